The number of carbonyl (C=O) groups is 1. The second-order valence-electron chi connectivity index (χ2n) is 9.73. The van der Waals surface area contributed by atoms with E-state index in [0.29, 0.717) is 36.1 Å². The number of H-pyrrole nitrogens is 1. The summed E-state index contributed by atoms with van der Waals surface area (Å²) in [6, 6.07) is 6.34. The molecule has 0 aliphatic carbocycles. The predicted molar refractivity (Wildman–Crippen MR) is 140 cm³/mol. The summed E-state index contributed by atoms with van der Waals surface area (Å²) < 4.78 is 61.8. The van der Waals surface area contributed by atoms with Gasteiger partial charge in [0.1, 0.15) is 5.82 Å². The second-order valence-corrected chi connectivity index (χ2v) is 9.73. The number of nitrogens with zero attached hydrogens (tertiary/aromatic N) is 3. The maximum Gasteiger partial charge on any atom is 0.417 e. The topological polar surface area (TPSA) is 90.6 Å². The molecule has 1 saturated heterocycles. The first-order chi connectivity index (χ1) is 18.3. The van der Waals surface area contributed by atoms with E-state index in [1.54, 1.807) is 13.0 Å². The maximum absolute atomic E-state index is 15.6. The molecule has 2 atom stereocenters. The fraction of sp³-hybridized carbons (Fsp3) is 0.370. The number of benzene rings is 1. The number of likely N-dealkylation sites (N-methyl/N-ethyl adjacent to an activating group) is 1. The highest BCUT2D eigenvalue weighted by Crippen LogP contribution is 2.38. The van der Waals surface area contributed by atoms with Gasteiger partial charge in [0, 0.05) is 54.8 Å². The number of rotatable bonds is 5. The van der Waals surface area contributed by atoms with Gasteiger partial charge in [0.05, 0.1) is 29.6 Å². The summed E-state index contributed by atoms with van der Waals surface area (Å²) >= 11 is 0. The van der Waals surface area contributed by atoms with Crippen molar-refractivity contribution < 1.29 is 27.1 Å². The number of aromatic nitrogens is 2. The summed E-state index contributed by atoms with van der Waals surface area (Å²) in [5.74, 6) is -1.44. The van der Waals surface area contributed by atoms with Crippen molar-refractivity contribution in [1.82, 2.24) is 14.9 Å². The lowest BCUT2D eigenvalue weighted by Crippen LogP contribution is -2.55. The minimum absolute atomic E-state index is 0.0863. The molecule has 208 valence electrons. The van der Waals surface area contributed by atoms with E-state index in [9.17, 15) is 22.8 Å². The van der Waals surface area contributed by atoms with E-state index in [4.69, 9.17) is 4.74 Å². The molecule has 2 N–H and O–H groups in total. The molecule has 8 nitrogen and oxygen atoms in total. The number of ether oxygens (including phenoxy) is 1. The van der Waals surface area contributed by atoms with Crippen LogP contribution in [0.4, 0.5) is 28.9 Å². The Kier molecular flexibility index (Phi) is 7.69. The lowest BCUT2D eigenvalue weighted by molar-refractivity contribution is -0.138. The molecule has 39 heavy (non-hydrogen) atoms. The Hall–Kier alpha value is -3.93. The number of halogens is 4. The number of carbonyl (C=O) groups excluding carboxylic acids is 1. The summed E-state index contributed by atoms with van der Waals surface area (Å²) in [6.07, 6.45) is -4.22. The van der Waals surface area contributed by atoms with Gasteiger partial charge in [-0.25, -0.2) is 9.37 Å². The quantitative estimate of drug-likeness (QED) is 0.451. The van der Waals surface area contributed by atoms with Gasteiger partial charge in [-0.05, 0) is 51.6 Å². The summed E-state index contributed by atoms with van der Waals surface area (Å²) in [7, 11) is 3.40. The third kappa shape index (κ3) is 5.90. The van der Waals surface area contributed by atoms with E-state index in [1.807, 2.05) is 25.8 Å². The van der Waals surface area contributed by atoms with Crippen LogP contribution in [-0.2, 0) is 6.18 Å². The molecule has 3 aromatic rings. The molecule has 2 aromatic heterocycles. The lowest BCUT2D eigenvalue weighted by atomic mass is 10.0. The monoisotopic (exact) mass is 547 g/mol. The molecular weight excluding hydrogens is 518 g/mol. The molecule has 0 bridgehead atoms. The summed E-state index contributed by atoms with van der Waals surface area (Å²) in [4.78, 5) is 35.2. The van der Waals surface area contributed by atoms with Crippen LogP contribution in [0, 0.1) is 12.7 Å². The van der Waals surface area contributed by atoms with Crippen molar-refractivity contribution in [2.45, 2.75) is 39.0 Å². The summed E-state index contributed by atoms with van der Waals surface area (Å²) in [5, 5.41) is 2.55. The normalized spacial score (nSPS) is 18.2. The van der Waals surface area contributed by atoms with Gasteiger partial charge < -0.3 is 19.9 Å². The van der Waals surface area contributed by atoms with Crippen molar-refractivity contribution in [3.63, 3.8) is 0 Å². The number of methoxy groups -OCH3 is 1. The number of amides is 1. The van der Waals surface area contributed by atoms with Gasteiger partial charge in [-0.1, -0.05) is 0 Å². The summed E-state index contributed by atoms with van der Waals surface area (Å²) in [5.41, 5.74) is -1.61. The van der Waals surface area contributed by atoms with Crippen molar-refractivity contribution in [3.8, 4) is 17.0 Å². The molecule has 1 aliphatic heterocycles. The Morgan fingerprint density at radius 2 is 1.79 bits per heavy atom. The maximum atomic E-state index is 15.6. The molecular formula is C27H29F4N5O3. The molecule has 0 unspecified atom stereocenters. The zero-order valence-electron chi connectivity index (χ0n) is 22.1. The van der Waals surface area contributed by atoms with Gasteiger partial charge in [0.25, 0.3) is 5.91 Å². The number of aromatic amines is 1. The van der Waals surface area contributed by atoms with Gasteiger partial charge in [-0.3, -0.25) is 14.5 Å². The van der Waals surface area contributed by atoms with Gasteiger partial charge in [-0.2, -0.15) is 13.2 Å². The van der Waals surface area contributed by atoms with Crippen molar-refractivity contribution in [3.05, 3.63) is 69.5 Å². The first-order valence-electron chi connectivity index (χ1n) is 12.2. The van der Waals surface area contributed by atoms with Crippen LogP contribution in [0.25, 0.3) is 11.1 Å². The van der Waals surface area contributed by atoms with Crippen LogP contribution >= 0.6 is 0 Å². The van der Waals surface area contributed by atoms with Crippen LogP contribution in [0.2, 0.25) is 0 Å². The van der Waals surface area contributed by atoms with Gasteiger partial charge in [0.15, 0.2) is 0 Å². The van der Waals surface area contributed by atoms with Crippen LogP contribution in [0.15, 0.2) is 41.3 Å². The minimum atomic E-state index is -4.94. The summed E-state index contributed by atoms with van der Waals surface area (Å²) in [6.45, 7) is 6.72. The predicted octanol–water partition coefficient (Wildman–Crippen LogP) is 4.69. The Morgan fingerprint density at radius 1 is 1.13 bits per heavy atom. The highest BCUT2D eigenvalue weighted by atomic mass is 19.4. The van der Waals surface area contributed by atoms with Gasteiger partial charge >= 0.3 is 6.18 Å². The van der Waals surface area contributed by atoms with E-state index in [1.165, 1.54) is 25.3 Å². The van der Waals surface area contributed by atoms with Crippen LogP contribution in [0.1, 0.15) is 35.5 Å². The lowest BCUT2D eigenvalue weighted by Gasteiger charge is -2.44. The number of aryl methyl sites for hydroxylation is 1. The molecule has 12 heteroatoms. The average molecular weight is 548 g/mol. The minimum Gasteiger partial charge on any atom is -0.481 e. The third-order valence-corrected chi connectivity index (χ3v) is 6.96. The van der Waals surface area contributed by atoms with E-state index < -0.39 is 34.6 Å². The Morgan fingerprint density at radius 3 is 2.41 bits per heavy atom. The fourth-order valence-electron chi connectivity index (χ4n) is 4.73. The highest BCUT2D eigenvalue weighted by Gasteiger charge is 2.36. The number of hydrogen-bond donors (Lipinski definition) is 2. The van der Waals surface area contributed by atoms with Crippen molar-refractivity contribution >= 4 is 17.3 Å². The molecule has 1 aromatic carbocycles. The smallest absolute Gasteiger partial charge is 0.417 e. The molecule has 1 amide bonds. The molecule has 0 saturated carbocycles. The van der Waals surface area contributed by atoms with Crippen LogP contribution < -0.4 is 20.5 Å². The van der Waals surface area contributed by atoms with Gasteiger partial charge in [0.2, 0.25) is 11.4 Å². The van der Waals surface area contributed by atoms with Crippen molar-refractivity contribution in [2.75, 3.05) is 37.5 Å². The van der Waals surface area contributed by atoms with Gasteiger partial charge in [-0.15, -0.1) is 0 Å². The fourth-order valence-corrected chi connectivity index (χ4v) is 4.73. The second kappa shape index (κ2) is 10.7. The number of piperazine rings is 1. The SMILES string of the molecule is COc1cc(-c2cc(NC(=O)c3c[nH]c(=O)cc3C(F)(F)F)c(N3C[C@@H](C)N(C)[C@@H](C)C3)cc2F)cc(C)n1. The van der Waals surface area contributed by atoms with E-state index in [0.717, 1.165) is 6.20 Å². The zero-order valence-corrected chi connectivity index (χ0v) is 22.1. The first-order valence-corrected chi connectivity index (χ1v) is 12.2. The Labute approximate surface area is 222 Å². The van der Waals surface area contributed by atoms with Crippen molar-refractivity contribution in [2.24, 2.45) is 0 Å². The van der Waals surface area contributed by atoms with Crippen LogP contribution in [0.3, 0.4) is 0 Å². The van der Waals surface area contributed by atoms with Crippen LogP contribution in [0.5, 0.6) is 5.88 Å². The van der Waals surface area contributed by atoms with Crippen molar-refractivity contribution in [1.29, 1.82) is 0 Å². The average Bonchev–Trinajstić information content (AvgIpc) is 2.86. The number of pyridine rings is 2. The zero-order chi connectivity index (χ0) is 28.6. The molecule has 1 aliphatic rings. The van der Waals surface area contributed by atoms with E-state index in [2.05, 4.69) is 20.2 Å². The third-order valence-electron chi connectivity index (χ3n) is 6.96. The Balaban J connectivity index is 1.85. The molecule has 0 radical (unpaired) electrons. The van der Waals surface area contributed by atoms with E-state index >= 15 is 4.39 Å². The standard InChI is InChI=1S/C27H29F4N5O3/c1-14-6-17(7-25(33-14)39-5)18-8-22(23(10-21(18)28)36-12-15(2)35(4)16(3)13-36)34-26(38)19-11-32-24(37)9-20(19)27(29,30)31/h6-11,15-16H,12-13H2,1-5H3,(H,32,37)(H,34,38)/t15-,16+. The molecule has 4 rings (SSSR count). The Bertz CT molecular complexity index is 1440. The number of anilines is 2. The molecule has 3 heterocycles. The first kappa shape index (κ1) is 28.1. The molecule has 1 fully saturated rings. The molecule has 0 spiro atoms. The number of hydrogen-bond acceptors (Lipinski definition) is 6. The number of alkyl halides is 3. The largest absolute Gasteiger partial charge is 0.481 e. The number of nitrogens with one attached hydrogen (secondary N) is 2. The van der Waals surface area contributed by atoms with E-state index in [-0.39, 0.29) is 29.2 Å². The van der Waals surface area contributed by atoms with Crippen LogP contribution in [-0.4, -0.2) is 60.1 Å². The highest BCUT2D eigenvalue weighted by molar-refractivity contribution is 6.07.